The maximum absolute atomic E-state index is 10.8. The topological polar surface area (TPSA) is 20.2 Å². The second-order valence-electron chi connectivity index (χ2n) is 7.81. The molecule has 1 aromatic rings. The van der Waals surface area contributed by atoms with Crippen molar-refractivity contribution in [2.45, 2.75) is 50.5 Å². The van der Waals surface area contributed by atoms with Gasteiger partial charge in [-0.05, 0) is 78.7 Å². The van der Waals surface area contributed by atoms with E-state index in [2.05, 4.69) is 24.3 Å². The van der Waals surface area contributed by atoms with Gasteiger partial charge in [0.2, 0.25) is 0 Å². The number of aliphatic hydroxyl groups is 1. The zero-order valence-corrected chi connectivity index (χ0v) is 12.0. The molecule has 1 N–H and O–H groups in total. The molecular formula is C19H24O. The predicted octanol–water partition coefficient (Wildman–Crippen LogP) is 4.28. The van der Waals surface area contributed by atoms with E-state index in [1.807, 2.05) is 0 Å². The summed E-state index contributed by atoms with van der Waals surface area (Å²) in [7, 11) is 0. The Morgan fingerprint density at radius 2 is 1.75 bits per heavy atom. The highest BCUT2D eigenvalue weighted by atomic mass is 16.3. The number of hydrogen-bond donors (Lipinski definition) is 1. The standard InChI is InChI=1S/C19H24O/c20-19(18-16-13-7-8-14(10-13)17(16)18)15-6-2-5-12(9-15)11-3-1-4-11/h2,5-6,9,11,13-14,16-20H,1,3-4,7-8,10H2. The zero-order valence-electron chi connectivity index (χ0n) is 12.0. The molecule has 0 heterocycles. The van der Waals surface area contributed by atoms with Gasteiger partial charge in [0.1, 0.15) is 0 Å². The third kappa shape index (κ3) is 1.53. The van der Waals surface area contributed by atoms with Gasteiger partial charge in [-0.2, -0.15) is 0 Å². The molecule has 0 saturated heterocycles. The van der Waals surface area contributed by atoms with Gasteiger partial charge in [-0.1, -0.05) is 30.7 Å². The second-order valence-corrected chi connectivity index (χ2v) is 7.81. The van der Waals surface area contributed by atoms with E-state index in [4.69, 9.17) is 0 Å². The van der Waals surface area contributed by atoms with E-state index in [0.29, 0.717) is 5.92 Å². The van der Waals surface area contributed by atoms with E-state index in [-0.39, 0.29) is 6.10 Å². The van der Waals surface area contributed by atoms with E-state index in [9.17, 15) is 5.11 Å². The molecule has 4 aliphatic rings. The number of hydrogen-bond acceptors (Lipinski definition) is 1. The Bertz CT molecular complexity index is 516. The minimum atomic E-state index is -0.187. The zero-order chi connectivity index (χ0) is 13.3. The minimum absolute atomic E-state index is 0.187. The van der Waals surface area contributed by atoms with E-state index >= 15 is 0 Å². The Morgan fingerprint density at radius 3 is 2.40 bits per heavy atom. The maximum atomic E-state index is 10.8. The van der Waals surface area contributed by atoms with Crippen LogP contribution in [-0.4, -0.2) is 5.11 Å². The first-order chi connectivity index (χ1) is 9.83. The minimum Gasteiger partial charge on any atom is -0.388 e. The molecule has 4 saturated carbocycles. The molecule has 0 spiro atoms. The van der Waals surface area contributed by atoms with E-state index < -0.39 is 0 Å². The Balaban J connectivity index is 1.38. The van der Waals surface area contributed by atoms with Crippen LogP contribution in [0, 0.1) is 29.6 Å². The summed E-state index contributed by atoms with van der Waals surface area (Å²) in [6, 6.07) is 8.89. The van der Waals surface area contributed by atoms with E-state index in [1.165, 1.54) is 49.7 Å². The third-order valence-corrected chi connectivity index (χ3v) is 6.99. The van der Waals surface area contributed by atoms with Crippen LogP contribution in [0.5, 0.6) is 0 Å². The van der Waals surface area contributed by atoms with Gasteiger partial charge in [-0.25, -0.2) is 0 Å². The van der Waals surface area contributed by atoms with Crippen LogP contribution < -0.4 is 0 Å². The van der Waals surface area contributed by atoms with Gasteiger partial charge in [0.05, 0.1) is 6.10 Å². The van der Waals surface area contributed by atoms with Crippen LogP contribution >= 0.6 is 0 Å². The molecule has 0 amide bonds. The van der Waals surface area contributed by atoms with Gasteiger partial charge in [-0.3, -0.25) is 0 Å². The van der Waals surface area contributed by atoms with Crippen molar-refractivity contribution in [2.24, 2.45) is 29.6 Å². The second kappa shape index (κ2) is 4.10. The van der Waals surface area contributed by atoms with Gasteiger partial charge >= 0.3 is 0 Å². The van der Waals surface area contributed by atoms with Crippen LogP contribution in [0.4, 0.5) is 0 Å². The van der Waals surface area contributed by atoms with Crippen molar-refractivity contribution in [3.8, 4) is 0 Å². The van der Waals surface area contributed by atoms with Gasteiger partial charge in [0.15, 0.2) is 0 Å². The predicted molar refractivity (Wildman–Crippen MR) is 79.3 cm³/mol. The molecule has 4 aliphatic carbocycles. The van der Waals surface area contributed by atoms with Crippen LogP contribution in [0.3, 0.4) is 0 Å². The van der Waals surface area contributed by atoms with Gasteiger partial charge in [-0.15, -0.1) is 0 Å². The van der Waals surface area contributed by atoms with Gasteiger partial charge in [0, 0.05) is 0 Å². The summed E-state index contributed by atoms with van der Waals surface area (Å²) in [6.45, 7) is 0. The monoisotopic (exact) mass is 268 g/mol. The number of aliphatic hydroxyl groups excluding tert-OH is 1. The smallest absolute Gasteiger partial charge is 0.0824 e. The van der Waals surface area contributed by atoms with E-state index in [0.717, 1.165) is 29.6 Å². The molecule has 106 valence electrons. The fourth-order valence-corrected chi connectivity index (χ4v) is 5.78. The fourth-order valence-electron chi connectivity index (χ4n) is 5.78. The number of rotatable bonds is 3. The summed E-state index contributed by atoms with van der Waals surface area (Å²) in [5.74, 6) is 5.03. The summed E-state index contributed by atoms with van der Waals surface area (Å²) < 4.78 is 0. The molecule has 4 fully saturated rings. The lowest BCUT2D eigenvalue weighted by molar-refractivity contribution is 0.130. The lowest BCUT2D eigenvalue weighted by atomic mass is 9.79. The summed E-state index contributed by atoms with van der Waals surface area (Å²) >= 11 is 0. The van der Waals surface area contributed by atoms with Crippen molar-refractivity contribution in [1.29, 1.82) is 0 Å². The molecule has 5 unspecified atom stereocenters. The molecule has 1 heteroatoms. The van der Waals surface area contributed by atoms with Crippen molar-refractivity contribution >= 4 is 0 Å². The van der Waals surface area contributed by atoms with Crippen molar-refractivity contribution < 1.29 is 5.11 Å². The summed E-state index contributed by atoms with van der Waals surface area (Å²) in [5, 5.41) is 10.8. The molecule has 0 radical (unpaired) electrons. The van der Waals surface area contributed by atoms with Crippen molar-refractivity contribution in [1.82, 2.24) is 0 Å². The van der Waals surface area contributed by atoms with Crippen molar-refractivity contribution in [3.63, 3.8) is 0 Å². The highest BCUT2D eigenvalue weighted by Crippen LogP contribution is 2.72. The van der Waals surface area contributed by atoms with Crippen LogP contribution in [0.25, 0.3) is 0 Å². The SMILES string of the molecule is OC(c1cccc(C2CCC2)c1)C1C2C3CCC(C3)C21. The molecule has 0 aliphatic heterocycles. The quantitative estimate of drug-likeness (QED) is 0.867. The molecule has 1 aromatic carbocycles. The summed E-state index contributed by atoms with van der Waals surface area (Å²) in [6.07, 6.45) is 8.24. The Hall–Kier alpha value is -0.820. The van der Waals surface area contributed by atoms with Crippen LogP contribution in [0.15, 0.2) is 24.3 Å². The molecule has 5 rings (SSSR count). The highest BCUT2D eigenvalue weighted by molar-refractivity contribution is 5.31. The molecular weight excluding hydrogens is 244 g/mol. The molecule has 0 aromatic heterocycles. The third-order valence-electron chi connectivity index (χ3n) is 6.99. The Morgan fingerprint density at radius 1 is 1.00 bits per heavy atom. The Kier molecular flexibility index (Phi) is 2.42. The fraction of sp³-hybridized carbons (Fsp3) is 0.684. The Labute approximate surface area is 121 Å². The van der Waals surface area contributed by atoms with Crippen molar-refractivity contribution in [2.75, 3.05) is 0 Å². The average molecular weight is 268 g/mol. The summed E-state index contributed by atoms with van der Waals surface area (Å²) in [5.41, 5.74) is 2.68. The largest absolute Gasteiger partial charge is 0.388 e. The lowest BCUT2D eigenvalue weighted by Crippen LogP contribution is -2.11. The molecule has 5 atom stereocenters. The first kappa shape index (κ1) is 11.8. The normalized spacial score (nSPS) is 43.1. The van der Waals surface area contributed by atoms with Crippen LogP contribution in [0.2, 0.25) is 0 Å². The summed E-state index contributed by atoms with van der Waals surface area (Å²) in [4.78, 5) is 0. The number of fused-ring (bicyclic) bond motifs is 5. The first-order valence-electron chi connectivity index (χ1n) is 8.61. The van der Waals surface area contributed by atoms with Crippen LogP contribution in [-0.2, 0) is 0 Å². The van der Waals surface area contributed by atoms with Gasteiger partial charge < -0.3 is 5.11 Å². The highest BCUT2D eigenvalue weighted by Gasteiger charge is 2.66. The molecule has 1 nitrogen and oxygen atoms in total. The number of benzene rings is 1. The molecule has 20 heavy (non-hydrogen) atoms. The molecule has 2 bridgehead atoms. The maximum Gasteiger partial charge on any atom is 0.0824 e. The van der Waals surface area contributed by atoms with Crippen molar-refractivity contribution in [3.05, 3.63) is 35.4 Å². The van der Waals surface area contributed by atoms with Crippen LogP contribution in [0.1, 0.15) is 61.7 Å². The first-order valence-corrected chi connectivity index (χ1v) is 8.61. The lowest BCUT2D eigenvalue weighted by Gasteiger charge is -2.26. The van der Waals surface area contributed by atoms with Gasteiger partial charge in [0.25, 0.3) is 0 Å². The van der Waals surface area contributed by atoms with E-state index in [1.54, 1.807) is 0 Å². The average Bonchev–Trinajstić information content (AvgIpc) is 2.84.